The zero-order valence-corrected chi connectivity index (χ0v) is 12.8. The van der Waals surface area contributed by atoms with Crippen LogP contribution in [0.3, 0.4) is 0 Å². The molecule has 2 aromatic heterocycles. The predicted octanol–water partition coefficient (Wildman–Crippen LogP) is 1.04. The van der Waals surface area contributed by atoms with Gasteiger partial charge in [-0.1, -0.05) is 0 Å². The number of carbonyl (C=O) groups is 1. The van der Waals surface area contributed by atoms with Gasteiger partial charge in [0.2, 0.25) is 0 Å². The van der Waals surface area contributed by atoms with Gasteiger partial charge in [-0.05, 0) is 13.3 Å². The third-order valence-electron chi connectivity index (χ3n) is 3.89. The number of aryl methyl sites for hydroxylation is 2. The minimum Gasteiger partial charge on any atom is -0.383 e. The molecule has 1 amide bonds. The number of aromatic nitrogens is 4. The maximum absolute atomic E-state index is 12.8. The molecule has 0 N–H and O–H groups in total. The molecule has 7 nitrogen and oxygen atoms in total. The molecule has 0 aliphatic carbocycles. The SMILES string of the molecule is COC[C@H]1CCn2cncc2CN1C(=O)c1cnc(C)cn1. The van der Waals surface area contributed by atoms with E-state index in [0.29, 0.717) is 18.8 Å². The molecule has 0 bridgehead atoms. The van der Waals surface area contributed by atoms with Gasteiger partial charge in [-0.2, -0.15) is 0 Å². The van der Waals surface area contributed by atoms with Gasteiger partial charge in [0.05, 0.1) is 43.1 Å². The highest BCUT2D eigenvalue weighted by molar-refractivity contribution is 5.92. The summed E-state index contributed by atoms with van der Waals surface area (Å²) >= 11 is 0. The number of hydrogen-bond acceptors (Lipinski definition) is 5. The van der Waals surface area contributed by atoms with E-state index in [0.717, 1.165) is 24.4 Å². The first-order valence-corrected chi connectivity index (χ1v) is 7.26. The van der Waals surface area contributed by atoms with Crippen molar-refractivity contribution in [2.24, 2.45) is 0 Å². The number of nitrogens with zero attached hydrogens (tertiary/aromatic N) is 5. The van der Waals surface area contributed by atoms with Crippen LogP contribution in [0, 0.1) is 6.92 Å². The molecule has 22 heavy (non-hydrogen) atoms. The van der Waals surface area contributed by atoms with Crippen LogP contribution in [0.15, 0.2) is 24.9 Å². The molecule has 2 aromatic rings. The van der Waals surface area contributed by atoms with Crippen LogP contribution in [0.1, 0.15) is 28.3 Å². The Morgan fingerprint density at radius 2 is 2.23 bits per heavy atom. The van der Waals surface area contributed by atoms with E-state index < -0.39 is 0 Å². The van der Waals surface area contributed by atoms with Gasteiger partial charge in [-0.25, -0.2) is 9.97 Å². The van der Waals surface area contributed by atoms with Crippen LogP contribution in [-0.2, 0) is 17.8 Å². The molecular formula is C15H19N5O2. The van der Waals surface area contributed by atoms with E-state index in [9.17, 15) is 4.79 Å². The molecule has 0 aromatic carbocycles. The standard InChI is InChI=1S/C15H19N5O2/c1-11-5-18-14(7-17-11)15(21)20-8-13-6-16-10-19(13)4-3-12(20)9-22-2/h5-7,10,12H,3-4,8-9H2,1-2H3/t12-/m1/s1. The molecule has 1 aliphatic heterocycles. The van der Waals surface area contributed by atoms with E-state index in [1.54, 1.807) is 25.8 Å². The Kier molecular flexibility index (Phi) is 4.15. The van der Waals surface area contributed by atoms with Crippen molar-refractivity contribution in [2.45, 2.75) is 32.5 Å². The van der Waals surface area contributed by atoms with Gasteiger partial charge >= 0.3 is 0 Å². The van der Waals surface area contributed by atoms with Gasteiger partial charge in [0.1, 0.15) is 5.69 Å². The van der Waals surface area contributed by atoms with Gasteiger partial charge in [-0.3, -0.25) is 9.78 Å². The lowest BCUT2D eigenvalue weighted by molar-refractivity contribution is 0.0497. The molecule has 3 heterocycles. The van der Waals surface area contributed by atoms with Crippen molar-refractivity contribution >= 4 is 5.91 Å². The average Bonchev–Trinajstić information content (AvgIpc) is 2.90. The summed E-state index contributed by atoms with van der Waals surface area (Å²) in [5.74, 6) is -0.121. The molecule has 0 fully saturated rings. The molecule has 0 saturated heterocycles. The smallest absolute Gasteiger partial charge is 0.274 e. The summed E-state index contributed by atoms with van der Waals surface area (Å²) in [4.78, 5) is 27.2. The number of ether oxygens (including phenoxy) is 1. The summed E-state index contributed by atoms with van der Waals surface area (Å²) in [5.41, 5.74) is 2.17. The summed E-state index contributed by atoms with van der Waals surface area (Å²) in [6.45, 7) is 3.68. The number of hydrogen-bond donors (Lipinski definition) is 0. The van der Waals surface area contributed by atoms with Crippen LogP contribution in [0.25, 0.3) is 0 Å². The molecule has 0 unspecified atom stereocenters. The number of fused-ring (bicyclic) bond motifs is 1. The zero-order chi connectivity index (χ0) is 15.5. The van der Waals surface area contributed by atoms with Crippen LogP contribution in [0.4, 0.5) is 0 Å². The second kappa shape index (κ2) is 6.23. The fourth-order valence-electron chi connectivity index (χ4n) is 2.68. The lowest BCUT2D eigenvalue weighted by Crippen LogP contribution is -2.42. The molecule has 1 aliphatic rings. The van der Waals surface area contributed by atoms with Gasteiger partial charge in [0.15, 0.2) is 0 Å². The topological polar surface area (TPSA) is 73.1 Å². The van der Waals surface area contributed by atoms with E-state index in [-0.39, 0.29) is 11.9 Å². The number of amides is 1. The largest absolute Gasteiger partial charge is 0.383 e. The summed E-state index contributed by atoms with van der Waals surface area (Å²) in [6, 6.07) is 0.0144. The lowest BCUT2D eigenvalue weighted by atomic mass is 10.1. The minimum absolute atomic E-state index is 0.0144. The molecular weight excluding hydrogens is 282 g/mol. The summed E-state index contributed by atoms with van der Waals surface area (Å²) in [5, 5.41) is 0. The highest BCUT2D eigenvalue weighted by atomic mass is 16.5. The van der Waals surface area contributed by atoms with Crippen LogP contribution in [0.2, 0.25) is 0 Å². The van der Waals surface area contributed by atoms with Crippen molar-refractivity contribution in [3.05, 3.63) is 42.0 Å². The molecule has 116 valence electrons. The number of rotatable bonds is 3. The quantitative estimate of drug-likeness (QED) is 0.847. The summed E-state index contributed by atoms with van der Waals surface area (Å²) in [7, 11) is 1.65. The van der Waals surface area contributed by atoms with Crippen molar-refractivity contribution in [3.8, 4) is 0 Å². The molecule has 7 heteroatoms. The monoisotopic (exact) mass is 301 g/mol. The molecule has 0 spiro atoms. The Labute approximate surface area is 129 Å². The molecule has 1 atom stereocenters. The molecule has 3 rings (SSSR count). The van der Waals surface area contributed by atoms with Gasteiger partial charge in [0, 0.05) is 26.0 Å². The lowest BCUT2D eigenvalue weighted by Gasteiger charge is -2.28. The first kappa shape index (κ1) is 14.6. The molecule has 0 radical (unpaired) electrons. The van der Waals surface area contributed by atoms with E-state index >= 15 is 0 Å². The summed E-state index contributed by atoms with van der Waals surface area (Å²) < 4.78 is 7.37. The van der Waals surface area contributed by atoms with Crippen molar-refractivity contribution in [1.29, 1.82) is 0 Å². The predicted molar refractivity (Wildman–Crippen MR) is 79.2 cm³/mol. The Morgan fingerprint density at radius 3 is 2.95 bits per heavy atom. The molecule has 0 saturated carbocycles. The van der Waals surface area contributed by atoms with E-state index in [4.69, 9.17) is 4.74 Å². The van der Waals surface area contributed by atoms with Crippen LogP contribution >= 0.6 is 0 Å². The van der Waals surface area contributed by atoms with Crippen molar-refractivity contribution < 1.29 is 9.53 Å². The van der Waals surface area contributed by atoms with Crippen LogP contribution < -0.4 is 0 Å². The van der Waals surface area contributed by atoms with E-state index in [2.05, 4.69) is 19.5 Å². The second-order valence-corrected chi connectivity index (χ2v) is 5.45. The second-order valence-electron chi connectivity index (χ2n) is 5.45. The van der Waals surface area contributed by atoms with Gasteiger partial charge in [0.25, 0.3) is 5.91 Å². The Hall–Kier alpha value is -2.28. The Bertz CT molecular complexity index is 652. The first-order valence-electron chi connectivity index (χ1n) is 7.26. The number of imidazole rings is 1. The highest BCUT2D eigenvalue weighted by Crippen LogP contribution is 2.19. The summed E-state index contributed by atoms with van der Waals surface area (Å²) in [6.07, 6.45) is 7.57. The third-order valence-corrected chi connectivity index (χ3v) is 3.89. The van der Waals surface area contributed by atoms with Crippen LogP contribution in [0.5, 0.6) is 0 Å². The van der Waals surface area contributed by atoms with Crippen LogP contribution in [-0.4, -0.2) is 50.1 Å². The highest BCUT2D eigenvalue weighted by Gasteiger charge is 2.29. The zero-order valence-electron chi connectivity index (χ0n) is 12.8. The normalized spacial score (nSPS) is 17.9. The van der Waals surface area contributed by atoms with Crippen molar-refractivity contribution in [1.82, 2.24) is 24.4 Å². The van der Waals surface area contributed by atoms with Gasteiger partial charge < -0.3 is 14.2 Å². The fraction of sp³-hybridized carbons (Fsp3) is 0.467. The number of methoxy groups -OCH3 is 1. The minimum atomic E-state index is -0.121. The number of carbonyl (C=O) groups excluding carboxylic acids is 1. The third kappa shape index (κ3) is 2.85. The van der Waals surface area contributed by atoms with Gasteiger partial charge in [-0.15, -0.1) is 0 Å². The fourth-order valence-corrected chi connectivity index (χ4v) is 2.68. The van der Waals surface area contributed by atoms with Crippen molar-refractivity contribution in [2.75, 3.05) is 13.7 Å². The van der Waals surface area contributed by atoms with E-state index in [1.807, 2.05) is 11.8 Å². The first-order chi connectivity index (χ1) is 10.7. The maximum Gasteiger partial charge on any atom is 0.274 e. The van der Waals surface area contributed by atoms with Crippen molar-refractivity contribution in [3.63, 3.8) is 0 Å². The van der Waals surface area contributed by atoms with E-state index in [1.165, 1.54) is 6.20 Å². The Balaban J connectivity index is 1.89. The Morgan fingerprint density at radius 1 is 1.36 bits per heavy atom. The maximum atomic E-state index is 12.8. The average molecular weight is 301 g/mol.